The van der Waals surface area contributed by atoms with Crippen molar-refractivity contribution in [2.24, 2.45) is 5.41 Å². The largest absolute Gasteiger partial charge is 0.393 e. The van der Waals surface area contributed by atoms with E-state index in [1.165, 1.54) is 17.2 Å². The molecule has 9 nitrogen and oxygen atoms in total. The topological polar surface area (TPSA) is 140 Å². The van der Waals surface area contributed by atoms with Gasteiger partial charge < -0.3 is 25.8 Å². The van der Waals surface area contributed by atoms with Gasteiger partial charge in [0.1, 0.15) is 28.6 Å². The summed E-state index contributed by atoms with van der Waals surface area (Å²) in [7, 11) is 0. The Labute approximate surface area is 131 Å². The van der Waals surface area contributed by atoms with Gasteiger partial charge in [0.2, 0.25) is 0 Å². The fraction of sp³-hybridized carbons (Fsp3) is 0.643. The van der Waals surface area contributed by atoms with Gasteiger partial charge in [-0.15, -0.1) is 0 Å². The molecule has 2 aliphatic rings. The van der Waals surface area contributed by atoms with Crippen LogP contribution in [0.1, 0.15) is 27.0 Å². The normalized spacial score (nSPS) is 41.2. The van der Waals surface area contributed by atoms with Crippen molar-refractivity contribution >= 4 is 17.0 Å². The van der Waals surface area contributed by atoms with Gasteiger partial charge in [0, 0.05) is 5.41 Å². The Balaban J connectivity index is 1.92. The third-order valence-corrected chi connectivity index (χ3v) is 5.78. The van der Waals surface area contributed by atoms with E-state index in [0.29, 0.717) is 11.2 Å². The fourth-order valence-electron chi connectivity index (χ4n) is 4.28. The van der Waals surface area contributed by atoms with Crippen molar-refractivity contribution in [2.75, 3.05) is 12.3 Å². The minimum absolute atomic E-state index is 0.217. The highest BCUT2D eigenvalue weighted by atomic mass is 16.6. The van der Waals surface area contributed by atoms with Crippen molar-refractivity contribution in [1.82, 2.24) is 19.5 Å². The number of imidazole rings is 1. The summed E-state index contributed by atoms with van der Waals surface area (Å²) < 4.78 is 7.39. The molecule has 1 aliphatic heterocycles. The van der Waals surface area contributed by atoms with Crippen LogP contribution in [0.4, 0.5) is 5.82 Å². The van der Waals surface area contributed by atoms with E-state index in [0.717, 1.165) is 0 Å². The van der Waals surface area contributed by atoms with Crippen LogP contribution in [0.3, 0.4) is 0 Å². The number of nitrogen functional groups attached to an aromatic ring is 1. The second-order valence-corrected chi connectivity index (χ2v) is 7.04. The van der Waals surface area contributed by atoms with Crippen LogP contribution in [0.5, 0.6) is 0 Å². The maximum absolute atomic E-state index is 11.2. The molecule has 124 valence electrons. The molecule has 0 amide bonds. The summed E-state index contributed by atoms with van der Waals surface area (Å²) in [6, 6.07) is 0. The Morgan fingerprint density at radius 2 is 1.96 bits per heavy atom. The molecule has 1 saturated carbocycles. The molecule has 9 heteroatoms. The number of hydrogen-bond donors (Lipinski definition) is 4. The molecular formula is C14H19N5O4. The molecule has 1 saturated heterocycles. The van der Waals surface area contributed by atoms with E-state index in [9.17, 15) is 15.3 Å². The molecular weight excluding hydrogens is 302 g/mol. The van der Waals surface area contributed by atoms with Crippen molar-refractivity contribution in [2.45, 2.75) is 43.8 Å². The number of aliphatic hydroxyl groups is 3. The predicted octanol–water partition coefficient (Wildman–Crippen LogP) is -0.810. The minimum atomic E-state index is -1.60. The van der Waals surface area contributed by atoms with Crippen LogP contribution in [-0.2, 0) is 4.74 Å². The first-order valence-corrected chi connectivity index (χ1v) is 7.32. The minimum Gasteiger partial charge on any atom is -0.393 e. The van der Waals surface area contributed by atoms with Crippen LogP contribution in [-0.4, -0.2) is 58.2 Å². The van der Waals surface area contributed by atoms with E-state index in [1.54, 1.807) is 20.8 Å². The van der Waals surface area contributed by atoms with Gasteiger partial charge in [0.05, 0.1) is 12.9 Å². The number of rotatable bonds is 2. The van der Waals surface area contributed by atoms with E-state index in [2.05, 4.69) is 15.0 Å². The van der Waals surface area contributed by atoms with Crippen molar-refractivity contribution < 1.29 is 20.1 Å². The maximum atomic E-state index is 11.2. The average molecular weight is 321 g/mol. The molecule has 0 spiro atoms. The molecule has 0 aromatic carbocycles. The Morgan fingerprint density at radius 1 is 1.26 bits per heavy atom. The number of nitrogens with two attached hydrogens (primary N) is 1. The fourth-order valence-corrected chi connectivity index (χ4v) is 4.28. The first-order chi connectivity index (χ1) is 10.7. The molecule has 4 rings (SSSR count). The summed E-state index contributed by atoms with van der Waals surface area (Å²) in [5.74, 6) is 0.217. The standard InChI is InChI=1S/C14H19N5O4/c1-11(2)13(21)10(23-12(3,4-20)14(11,13)22)19-6-18-7-8(15)16-5-17-9(7)19/h5-6,10,20-22H,4H2,1-3H3,(H2,15,16,17)/t10-,12-,13-,14-/m1/s1. The lowest BCUT2D eigenvalue weighted by molar-refractivity contribution is -0.177. The number of nitrogens with zero attached hydrogens (tertiary/aromatic N) is 4. The summed E-state index contributed by atoms with van der Waals surface area (Å²) in [4.78, 5) is 12.2. The SMILES string of the molecule is CC1(C)[C@@]2(O)[C@@](C)(CO)O[C@@H](n3cnc4c(N)ncnc43)[C@@]12O. The van der Waals surface area contributed by atoms with E-state index in [1.807, 2.05) is 0 Å². The van der Waals surface area contributed by atoms with Gasteiger partial charge in [-0.25, -0.2) is 15.0 Å². The first-order valence-electron chi connectivity index (χ1n) is 7.32. The average Bonchev–Trinajstić information content (AvgIpc) is 2.86. The molecule has 2 fully saturated rings. The van der Waals surface area contributed by atoms with Crippen molar-refractivity contribution in [3.8, 4) is 0 Å². The van der Waals surface area contributed by atoms with Crippen LogP contribution < -0.4 is 5.73 Å². The third-order valence-electron chi connectivity index (χ3n) is 5.78. The molecule has 0 unspecified atom stereocenters. The third kappa shape index (κ3) is 1.25. The number of anilines is 1. The predicted molar refractivity (Wildman–Crippen MR) is 79.0 cm³/mol. The molecule has 0 bridgehead atoms. The van der Waals surface area contributed by atoms with Crippen molar-refractivity contribution in [1.29, 1.82) is 0 Å². The highest BCUT2D eigenvalue weighted by molar-refractivity contribution is 5.81. The van der Waals surface area contributed by atoms with E-state index in [-0.39, 0.29) is 5.82 Å². The van der Waals surface area contributed by atoms with Gasteiger partial charge in [0.25, 0.3) is 0 Å². The number of hydrogen-bond acceptors (Lipinski definition) is 8. The number of ether oxygens (including phenoxy) is 1. The zero-order valence-corrected chi connectivity index (χ0v) is 13.1. The highest BCUT2D eigenvalue weighted by Crippen LogP contribution is 2.78. The molecule has 1 aliphatic carbocycles. The van der Waals surface area contributed by atoms with Crippen molar-refractivity contribution in [3.05, 3.63) is 12.7 Å². The highest BCUT2D eigenvalue weighted by Gasteiger charge is 2.95. The second-order valence-electron chi connectivity index (χ2n) is 7.04. The number of fused-ring (bicyclic) bond motifs is 2. The summed E-state index contributed by atoms with van der Waals surface area (Å²) in [5.41, 5.74) is 1.18. The van der Waals surface area contributed by atoms with E-state index < -0.39 is 35.1 Å². The zero-order chi connectivity index (χ0) is 16.8. The number of aromatic nitrogens is 4. The Bertz CT molecular complexity index is 823. The maximum Gasteiger partial charge on any atom is 0.170 e. The molecule has 4 atom stereocenters. The molecule has 5 N–H and O–H groups in total. The van der Waals surface area contributed by atoms with Crippen LogP contribution in [0.2, 0.25) is 0 Å². The number of aliphatic hydroxyl groups excluding tert-OH is 1. The van der Waals surface area contributed by atoms with Crippen LogP contribution in [0.15, 0.2) is 12.7 Å². The zero-order valence-electron chi connectivity index (χ0n) is 13.1. The summed E-state index contributed by atoms with van der Waals surface area (Å²) >= 11 is 0. The van der Waals surface area contributed by atoms with Crippen molar-refractivity contribution in [3.63, 3.8) is 0 Å². The van der Waals surface area contributed by atoms with Gasteiger partial charge in [-0.3, -0.25) is 4.57 Å². The van der Waals surface area contributed by atoms with Crippen LogP contribution >= 0.6 is 0 Å². The lowest BCUT2D eigenvalue weighted by Crippen LogP contribution is -2.48. The summed E-state index contributed by atoms with van der Waals surface area (Å²) in [6.45, 7) is 4.61. The van der Waals surface area contributed by atoms with Gasteiger partial charge in [-0.05, 0) is 6.92 Å². The molecule has 3 heterocycles. The molecule has 23 heavy (non-hydrogen) atoms. The van der Waals surface area contributed by atoms with Gasteiger partial charge >= 0.3 is 0 Å². The summed E-state index contributed by atoms with van der Waals surface area (Å²) in [6.07, 6.45) is 1.78. The van der Waals surface area contributed by atoms with Gasteiger partial charge in [0.15, 0.2) is 17.7 Å². The van der Waals surface area contributed by atoms with E-state index in [4.69, 9.17) is 10.5 Å². The van der Waals surface area contributed by atoms with Gasteiger partial charge in [-0.2, -0.15) is 0 Å². The smallest absolute Gasteiger partial charge is 0.170 e. The lowest BCUT2D eigenvalue weighted by Gasteiger charge is -2.34. The Hall–Kier alpha value is -1.81. The second kappa shape index (κ2) is 3.81. The van der Waals surface area contributed by atoms with Crippen LogP contribution in [0.25, 0.3) is 11.2 Å². The Morgan fingerprint density at radius 3 is 2.57 bits per heavy atom. The van der Waals surface area contributed by atoms with Crippen LogP contribution in [0, 0.1) is 5.41 Å². The Kier molecular flexibility index (Phi) is 2.44. The first kappa shape index (κ1) is 14.8. The summed E-state index contributed by atoms with van der Waals surface area (Å²) in [5, 5.41) is 32.0. The quantitative estimate of drug-likeness (QED) is 0.563. The molecule has 2 aromatic heterocycles. The molecule has 0 radical (unpaired) electrons. The molecule has 2 aromatic rings. The monoisotopic (exact) mass is 321 g/mol. The lowest BCUT2D eigenvalue weighted by atomic mass is 9.91. The van der Waals surface area contributed by atoms with E-state index >= 15 is 0 Å². The van der Waals surface area contributed by atoms with Gasteiger partial charge in [-0.1, -0.05) is 13.8 Å².